The summed E-state index contributed by atoms with van der Waals surface area (Å²) in [6, 6.07) is 7.37. The lowest BCUT2D eigenvalue weighted by atomic mass is 10.1. The van der Waals surface area contributed by atoms with Gasteiger partial charge in [0.25, 0.3) is 5.91 Å². The molecule has 0 aliphatic carbocycles. The van der Waals surface area contributed by atoms with Gasteiger partial charge in [0.15, 0.2) is 0 Å². The molecule has 0 saturated heterocycles. The second kappa shape index (κ2) is 5.37. The molecule has 1 aromatic carbocycles. The Morgan fingerprint density at radius 1 is 1.33 bits per heavy atom. The maximum atomic E-state index is 12.0. The first-order valence-corrected chi connectivity index (χ1v) is 5.58. The third-order valence-electron chi connectivity index (χ3n) is 2.63. The maximum Gasteiger partial charge on any atom is 0.257 e. The molecule has 0 spiro atoms. The van der Waals surface area contributed by atoms with Gasteiger partial charge in [-0.15, -0.1) is 0 Å². The summed E-state index contributed by atoms with van der Waals surface area (Å²) in [5.74, 6) is -0.206. The molecule has 0 aliphatic heterocycles. The van der Waals surface area contributed by atoms with Crippen LogP contribution in [0.2, 0.25) is 0 Å². The van der Waals surface area contributed by atoms with Crippen LogP contribution in [-0.4, -0.2) is 16.1 Å². The number of nitrogens with zero attached hydrogens (tertiary/aromatic N) is 2. The molecule has 0 saturated carbocycles. The molecule has 2 rings (SSSR count). The van der Waals surface area contributed by atoms with Crippen molar-refractivity contribution in [2.24, 2.45) is 5.73 Å². The number of carbonyl (C=O) groups is 1. The Balaban J connectivity index is 2.21. The van der Waals surface area contributed by atoms with E-state index < -0.39 is 0 Å². The molecule has 0 atom stereocenters. The number of aryl methyl sites for hydroxylation is 1. The minimum Gasteiger partial charge on any atom is -0.326 e. The van der Waals surface area contributed by atoms with Crippen molar-refractivity contribution in [3.63, 3.8) is 0 Å². The van der Waals surface area contributed by atoms with Gasteiger partial charge in [-0.1, -0.05) is 12.1 Å². The summed E-state index contributed by atoms with van der Waals surface area (Å²) in [5.41, 5.74) is 8.78. The number of aromatic nitrogens is 2. The molecule has 3 N–H and O–H groups in total. The summed E-state index contributed by atoms with van der Waals surface area (Å²) >= 11 is 0. The Kier molecular flexibility index (Phi) is 3.64. The highest BCUT2D eigenvalue weighted by Gasteiger charge is 2.08. The lowest BCUT2D eigenvalue weighted by molar-refractivity contribution is 0.102. The Morgan fingerprint density at radius 3 is 2.83 bits per heavy atom. The second-order valence-electron chi connectivity index (χ2n) is 3.94. The first kappa shape index (κ1) is 12.2. The van der Waals surface area contributed by atoms with Gasteiger partial charge in [0.1, 0.15) is 0 Å². The fourth-order valence-corrected chi connectivity index (χ4v) is 1.55. The van der Waals surface area contributed by atoms with Gasteiger partial charge in [-0.05, 0) is 30.2 Å². The molecule has 1 heterocycles. The molecule has 0 radical (unpaired) electrons. The Morgan fingerprint density at radius 2 is 2.17 bits per heavy atom. The number of hydrogen-bond acceptors (Lipinski definition) is 4. The van der Waals surface area contributed by atoms with Crippen molar-refractivity contribution >= 4 is 11.6 Å². The van der Waals surface area contributed by atoms with Crippen molar-refractivity contribution in [3.05, 3.63) is 53.3 Å². The van der Waals surface area contributed by atoms with Gasteiger partial charge in [-0.3, -0.25) is 4.79 Å². The van der Waals surface area contributed by atoms with Crippen LogP contribution in [0.1, 0.15) is 21.5 Å². The molecule has 0 aliphatic rings. The first-order chi connectivity index (χ1) is 8.70. The fraction of sp³-hybridized carbons (Fsp3) is 0.154. The lowest BCUT2D eigenvalue weighted by Crippen LogP contribution is -2.13. The SMILES string of the molecule is Cc1ccc(CN)cc1NC(=O)c1ccnnc1. The zero-order valence-electron chi connectivity index (χ0n) is 10.1. The van der Waals surface area contributed by atoms with Gasteiger partial charge in [-0.25, -0.2) is 0 Å². The standard InChI is InChI=1S/C13H14N4O/c1-9-2-3-10(7-14)6-12(9)17-13(18)11-4-5-15-16-8-11/h2-6,8H,7,14H2,1H3,(H,17,18). The van der Waals surface area contributed by atoms with Crippen molar-refractivity contribution in [2.45, 2.75) is 13.5 Å². The van der Waals surface area contributed by atoms with Crippen LogP contribution in [0, 0.1) is 6.92 Å². The number of anilines is 1. The lowest BCUT2D eigenvalue weighted by Gasteiger charge is -2.09. The number of rotatable bonds is 3. The molecule has 92 valence electrons. The monoisotopic (exact) mass is 242 g/mol. The smallest absolute Gasteiger partial charge is 0.257 e. The van der Waals surface area contributed by atoms with E-state index in [1.54, 1.807) is 6.07 Å². The van der Waals surface area contributed by atoms with E-state index in [2.05, 4.69) is 15.5 Å². The van der Waals surface area contributed by atoms with E-state index in [-0.39, 0.29) is 5.91 Å². The van der Waals surface area contributed by atoms with Crippen molar-refractivity contribution in [2.75, 3.05) is 5.32 Å². The quantitative estimate of drug-likeness (QED) is 0.854. The highest BCUT2D eigenvalue weighted by molar-refractivity contribution is 6.04. The molecule has 0 bridgehead atoms. The predicted molar refractivity (Wildman–Crippen MR) is 69.1 cm³/mol. The Labute approximate surface area is 105 Å². The fourth-order valence-electron chi connectivity index (χ4n) is 1.55. The molecule has 0 fully saturated rings. The molecule has 18 heavy (non-hydrogen) atoms. The van der Waals surface area contributed by atoms with Gasteiger partial charge < -0.3 is 11.1 Å². The normalized spacial score (nSPS) is 10.1. The summed E-state index contributed by atoms with van der Waals surface area (Å²) in [6.07, 6.45) is 2.91. The van der Waals surface area contributed by atoms with Crippen LogP contribution in [-0.2, 0) is 6.54 Å². The molecule has 2 aromatic rings. The Hall–Kier alpha value is -2.27. The van der Waals surface area contributed by atoms with E-state index >= 15 is 0 Å². The highest BCUT2D eigenvalue weighted by Crippen LogP contribution is 2.17. The van der Waals surface area contributed by atoms with E-state index in [0.29, 0.717) is 12.1 Å². The third kappa shape index (κ3) is 2.70. The van der Waals surface area contributed by atoms with Crippen LogP contribution in [0.4, 0.5) is 5.69 Å². The minimum atomic E-state index is -0.206. The third-order valence-corrected chi connectivity index (χ3v) is 2.63. The number of nitrogens with one attached hydrogen (secondary N) is 1. The van der Waals surface area contributed by atoms with E-state index in [1.807, 2.05) is 25.1 Å². The predicted octanol–water partition coefficient (Wildman–Crippen LogP) is 1.50. The van der Waals surface area contributed by atoms with Crippen molar-refractivity contribution in [1.29, 1.82) is 0 Å². The second-order valence-corrected chi connectivity index (χ2v) is 3.94. The summed E-state index contributed by atoms with van der Waals surface area (Å²) in [6.45, 7) is 2.38. The van der Waals surface area contributed by atoms with Gasteiger partial charge >= 0.3 is 0 Å². The van der Waals surface area contributed by atoms with Gasteiger partial charge in [-0.2, -0.15) is 10.2 Å². The van der Waals surface area contributed by atoms with Crippen molar-refractivity contribution in [1.82, 2.24) is 10.2 Å². The van der Waals surface area contributed by atoms with Crippen LogP contribution < -0.4 is 11.1 Å². The average Bonchev–Trinajstić information content (AvgIpc) is 2.42. The molecular formula is C13H14N4O. The van der Waals surface area contributed by atoms with Crippen LogP contribution >= 0.6 is 0 Å². The van der Waals surface area contributed by atoms with E-state index in [1.165, 1.54) is 12.4 Å². The number of amides is 1. The summed E-state index contributed by atoms with van der Waals surface area (Å²) in [5, 5.41) is 10.1. The molecule has 5 heteroatoms. The number of benzene rings is 1. The number of nitrogens with two attached hydrogens (primary N) is 1. The number of hydrogen-bond donors (Lipinski definition) is 2. The van der Waals surface area contributed by atoms with Crippen molar-refractivity contribution in [3.8, 4) is 0 Å². The van der Waals surface area contributed by atoms with E-state index in [0.717, 1.165) is 16.8 Å². The molecule has 1 amide bonds. The van der Waals surface area contributed by atoms with Gasteiger partial charge in [0, 0.05) is 12.2 Å². The van der Waals surface area contributed by atoms with Crippen LogP contribution in [0.5, 0.6) is 0 Å². The maximum absolute atomic E-state index is 12.0. The molecule has 0 unspecified atom stereocenters. The zero-order chi connectivity index (χ0) is 13.0. The van der Waals surface area contributed by atoms with E-state index in [9.17, 15) is 4.79 Å². The largest absolute Gasteiger partial charge is 0.326 e. The molecular weight excluding hydrogens is 228 g/mol. The number of carbonyl (C=O) groups excluding carboxylic acids is 1. The average molecular weight is 242 g/mol. The molecule has 1 aromatic heterocycles. The van der Waals surface area contributed by atoms with Crippen molar-refractivity contribution < 1.29 is 4.79 Å². The van der Waals surface area contributed by atoms with E-state index in [4.69, 9.17) is 5.73 Å². The topological polar surface area (TPSA) is 80.9 Å². The Bertz CT molecular complexity index is 554. The van der Waals surface area contributed by atoms with Gasteiger partial charge in [0.2, 0.25) is 0 Å². The van der Waals surface area contributed by atoms with Crippen LogP contribution in [0.25, 0.3) is 0 Å². The van der Waals surface area contributed by atoms with Gasteiger partial charge in [0.05, 0.1) is 18.0 Å². The summed E-state index contributed by atoms with van der Waals surface area (Å²) in [4.78, 5) is 12.0. The first-order valence-electron chi connectivity index (χ1n) is 5.58. The zero-order valence-corrected chi connectivity index (χ0v) is 10.1. The summed E-state index contributed by atoms with van der Waals surface area (Å²) in [7, 11) is 0. The van der Waals surface area contributed by atoms with Crippen LogP contribution in [0.15, 0.2) is 36.7 Å². The highest BCUT2D eigenvalue weighted by atomic mass is 16.1. The minimum absolute atomic E-state index is 0.206. The molecule has 5 nitrogen and oxygen atoms in total. The van der Waals surface area contributed by atoms with Crippen LogP contribution in [0.3, 0.4) is 0 Å². The summed E-state index contributed by atoms with van der Waals surface area (Å²) < 4.78 is 0.